The second kappa shape index (κ2) is 7.04. The van der Waals surface area contributed by atoms with Gasteiger partial charge in [-0.1, -0.05) is 6.08 Å². The average Bonchev–Trinajstić information content (AvgIpc) is 2.91. The van der Waals surface area contributed by atoms with Crippen LogP contribution < -0.4 is 4.72 Å². The van der Waals surface area contributed by atoms with Crippen LogP contribution in [0.25, 0.3) is 0 Å². The number of hydrogen-bond donors (Lipinski definition) is 1. The molecule has 0 saturated carbocycles. The maximum absolute atomic E-state index is 12.7. The smallest absolute Gasteiger partial charge is 0.254 e. The molecule has 1 aromatic rings. The number of carbonyl (C=O) groups excluding carboxylic acids is 1. The van der Waals surface area contributed by atoms with E-state index >= 15 is 0 Å². The van der Waals surface area contributed by atoms with E-state index in [1.807, 2.05) is 0 Å². The fourth-order valence-corrected chi connectivity index (χ4v) is 5.08. The van der Waals surface area contributed by atoms with Gasteiger partial charge in [-0.3, -0.25) is 4.79 Å². The van der Waals surface area contributed by atoms with Crippen LogP contribution in [0, 0.1) is 0 Å². The zero-order chi connectivity index (χ0) is 18.0. The van der Waals surface area contributed by atoms with E-state index in [1.165, 1.54) is 36.2 Å². The molecule has 0 radical (unpaired) electrons. The monoisotopic (exact) mass is 372 g/mol. The van der Waals surface area contributed by atoms with Gasteiger partial charge in [0.15, 0.2) is 9.84 Å². The fourth-order valence-electron chi connectivity index (χ4n) is 2.62. The molecule has 9 heteroatoms. The van der Waals surface area contributed by atoms with Crippen LogP contribution in [0.4, 0.5) is 0 Å². The van der Waals surface area contributed by atoms with Crippen molar-refractivity contribution in [1.29, 1.82) is 0 Å². The normalized spacial score (nSPS) is 19.8. The Morgan fingerprint density at radius 3 is 2.46 bits per heavy atom. The van der Waals surface area contributed by atoms with Gasteiger partial charge >= 0.3 is 0 Å². The molecular formula is C15H20N2O5S2. The van der Waals surface area contributed by atoms with Crippen molar-refractivity contribution < 1.29 is 21.6 Å². The van der Waals surface area contributed by atoms with Crippen LogP contribution in [0.5, 0.6) is 0 Å². The molecule has 1 atom stereocenters. The number of nitrogens with zero attached hydrogens (tertiary/aromatic N) is 1. The Morgan fingerprint density at radius 2 is 2.00 bits per heavy atom. The van der Waals surface area contributed by atoms with Crippen molar-refractivity contribution in [1.82, 2.24) is 9.62 Å². The molecule has 1 saturated heterocycles. The second-order valence-electron chi connectivity index (χ2n) is 5.53. The largest absolute Gasteiger partial charge is 0.331 e. The quantitative estimate of drug-likeness (QED) is 0.729. The summed E-state index contributed by atoms with van der Waals surface area (Å²) in [6, 6.07) is 5.15. The highest BCUT2D eigenvalue weighted by atomic mass is 32.2. The predicted octanol–water partition coefficient (Wildman–Crippen LogP) is 0.410. The molecular weight excluding hydrogens is 352 g/mol. The van der Waals surface area contributed by atoms with Gasteiger partial charge in [-0.25, -0.2) is 21.6 Å². The van der Waals surface area contributed by atoms with Crippen LogP contribution in [0.15, 0.2) is 41.8 Å². The van der Waals surface area contributed by atoms with E-state index in [9.17, 15) is 21.6 Å². The van der Waals surface area contributed by atoms with Crippen molar-refractivity contribution in [3.63, 3.8) is 0 Å². The first-order valence-electron chi connectivity index (χ1n) is 7.36. The Labute approximate surface area is 142 Å². The summed E-state index contributed by atoms with van der Waals surface area (Å²) in [6.45, 7) is 3.84. The molecule has 0 bridgehead atoms. The summed E-state index contributed by atoms with van der Waals surface area (Å²) in [4.78, 5) is 14.2. The standard InChI is InChI=1S/C15H20N2O5S2/c1-3-9-17(13-8-10-23(19,20)11-13)15(18)12-4-6-14(7-5-12)24(21,22)16-2/h3-7,13,16H,1,8-11H2,2H3/t13-/m1/s1. The molecule has 0 spiro atoms. The van der Waals surface area contributed by atoms with Crippen molar-refractivity contribution in [2.24, 2.45) is 0 Å². The number of benzene rings is 1. The molecule has 2 rings (SSSR count). The molecule has 1 aromatic carbocycles. The fraction of sp³-hybridized carbons (Fsp3) is 0.400. The summed E-state index contributed by atoms with van der Waals surface area (Å²) < 4.78 is 48.9. The molecule has 1 fully saturated rings. The Hall–Kier alpha value is -1.71. The first-order chi connectivity index (χ1) is 11.2. The second-order valence-corrected chi connectivity index (χ2v) is 9.65. The van der Waals surface area contributed by atoms with Gasteiger partial charge in [-0.15, -0.1) is 6.58 Å². The molecule has 0 unspecified atom stereocenters. The Balaban J connectivity index is 2.26. The van der Waals surface area contributed by atoms with Gasteiger partial charge in [0, 0.05) is 18.2 Å². The number of hydrogen-bond acceptors (Lipinski definition) is 5. The van der Waals surface area contributed by atoms with E-state index in [-0.39, 0.29) is 34.9 Å². The molecule has 0 aromatic heterocycles. The lowest BCUT2D eigenvalue weighted by Gasteiger charge is -2.27. The van der Waals surface area contributed by atoms with Crippen LogP contribution in [-0.2, 0) is 19.9 Å². The van der Waals surface area contributed by atoms with E-state index in [0.717, 1.165) is 0 Å². The number of amides is 1. The minimum Gasteiger partial charge on any atom is -0.331 e. The lowest BCUT2D eigenvalue weighted by molar-refractivity contribution is 0.0720. The number of rotatable bonds is 6. The van der Waals surface area contributed by atoms with E-state index in [0.29, 0.717) is 12.0 Å². The molecule has 132 valence electrons. The maximum atomic E-state index is 12.7. The average molecular weight is 372 g/mol. The third-order valence-corrected chi connectivity index (χ3v) is 7.10. The van der Waals surface area contributed by atoms with Crippen LogP contribution in [-0.4, -0.2) is 58.8 Å². The zero-order valence-corrected chi connectivity index (χ0v) is 14.9. The molecule has 1 aliphatic rings. The topological polar surface area (TPSA) is 101 Å². The lowest BCUT2D eigenvalue weighted by Crippen LogP contribution is -2.41. The van der Waals surface area contributed by atoms with E-state index in [4.69, 9.17) is 0 Å². The number of sulfonamides is 1. The maximum Gasteiger partial charge on any atom is 0.254 e. The molecule has 1 N–H and O–H groups in total. The third kappa shape index (κ3) is 4.03. The van der Waals surface area contributed by atoms with Gasteiger partial charge in [-0.05, 0) is 37.7 Å². The highest BCUT2D eigenvalue weighted by Crippen LogP contribution is 2.20. The van der Waals surface area contributed by atoms with Gasteiger partial charge in [-0.2, -0.15) is 0 Å². The van der Waals surface area contributed by atoms with Crippen molar-refractivity contribution in [2.45, 2.75) is 17.4 Å². The summed E-state index contributed by atoms with van der Waals surface area (Å²) in [5.41, 5.74) is 0.302. The molecule has 24 heavy (non-hydrogen) atoms. The number of nitrogens with one attached hydrogen (secondary N) is 1. The molecule has 1 heterocycles. The molecule has 0 aliphatic carbocycles. The first-order valence-corrected chi connectivity index (χ1v) is 10.7. The van der Waals surface area contributed by atoms with Gasteiger partial charge in [0.25, 0.3) is 5.91 Å². The van der Waals surface area contributed by atoms with E-state index < -0.39 is 19.9 Å². The predicted molar refractivity (Wildman–Crippen MR) is 91.0 cm³/mol. The Kier molecular flexibility index (Phi) is 5.46. The number of carbonyl (C=O) groups is 1. The Bertz CT molecular complexity index is 829. The number of sulfone groups is 1. The van der Waals surface area contributed by atoms with E-state index in [2.05, 4.69) is 11.3 Å². The summed E-state index contributed by atoms with van der Waals surface area (Å²) in [7, 11) is -5.39. The summed E-state index contributed by atoms with van der Waals surface area (Å²) >= 11 is 0. The van der Waals surface area contributed by atoms with Crippen molar-refractivity contribution >= 4 is 25.8 Å². The molecule has 1 aliphatic heterocycles. The van der Waals surface area contributed by atoms with Crippen LogP contribution in [0.3, 0.4) is 0 Å². The molecule has 1 amide bonds. The van der Waals surface area contributed by atoms with Crippen LogP contribution >= 0.6 is 0 Å². The first kappa shape index (κ1) is 18.6. The van der Waals surface area contributed by atoms with Gasteiger partial charge in [0.05, 0.1) is 16.4 Å². The van der Waals surface area contributed by atoms with Crippen molar-refractivity contribution in [3.05, 3.63) is 42.5 Å². The minimum absolute atomic E-state index is 0.0558. The highest BCUT2D eigenvalue weighted by molar-refractivity contribution is 7.91. The van der Waals surface area contributed by atoms with E-state index in [1.54, 1.807) is 6.08 Å². The van der Waals surface area contributed by atoms with Crippen molar-refractivity contribution in [2.75, 3.05) is 25.1 Å². The van der Waals surface area contributed by atoms with Gasteiger partial charge < -0.3 is 4.90 Å². The Morgan fingerprint density at radius 1 is 1.38 bits per heavy atom. The summed E-state index contributed by atoms with van der Waals surface area (Å²) in [5, 5.41) is 0. The van der Waals surface area contributed by atoms with Crippen molar-refractivity contribution in [3.8, 4) is 0 Å². The van der Waals surface area contributed by atoms with Gasteiger partial charge in [0.1, 0.15) is 0 Å². The molecule has 7 nitrogen and oxygen atoms in total. The SMILES string of the molecule is C=CCN(C(=O)c1ccc(S(=O)(=O)NC)cc1)[C@@H]1CCS(=O)(=O)C1. The third-order valence-electron chi connectivity index (χ3n) is 3.92. The summed E-state index contributed by atoms with van der Waals surface area (Å²) in [5.74, 6) is -0.332. The van der Waals surface area contributed by atoms with Gasteiger partial charge in [0.2, 0.25) is 10.0 Å². The van der Waals surface area contributed by atoms with Crippen LogP contribution in [0.1, 0.15) is 16.8 Å². The summed E-state index contributed by atoms with van der Waals surface area (Å²) in [6.07, 6.45) is 1.94. The lowest BCUT2D eigenvalue weighted by atomic mass is 10.1. The minimum atomic E-state index is -3.57. The van der Waals surface area contributed by atoms with Crippen LogP contribution in [0.2, 0.25) is 0 Å². The highest BCUT2D eigenvalue weighted by Gasteiger charge is 2.34. The zero-order valence-electron chi connectivity index (χ0n) is 13.3.